The summed E-state index contributed by atoms with van der Waals surface area (Å²) in [5.74, 6) is -1.61. The third kappa shape index (κ3) is 4.26. The number of nitrogens with zero attached hydrogens (tertiary/aromatic N) is 2. The highest BCUT2D eigenvalue weighted by Gasteiger charge is 2.47. The number of halogens is 1. The van der Waals surface area contributed by atoms with Gasteiger partial charge in [0.2, 0.25) is 0 Å². The Morgan fingerprint density at radius 1 is 0.944 bits per heavy atom. The molecule has 0 radical (unpaired) electrons. The predicted molar refractivity (Wildman–Crippen MR) is 136 cm³/mol. The van der Waals surface area contributed by atoms with Crippen LogP contribution in [0.4, 0.5) is 15.8 Å². The van der Waals surface area contributed by atoms with E-state index in [9.17, 15) is 19.1 Å². The Bertz CT molecular complexity index is 1360. The SMILES string of the molecule is COc1ccc(N2C(=O)C(=O)/C(=C(/O)c3ccc(F)c(C)c3)C2c2ccc(N(C)C)cc2)cc1OC. The number of amides is 1. The molecule has 1 aliphatic heterocycles. The Balaban J connectivity index is 1.94. The summed E-state index contributed by atoms with van der Waals surface area (Å²) in [6, 6.07) is 15.4. The van der Waals surface area contributed by atoms with Crippen LogP contribution in [0.25, 0.3) is 5.76 Å². The van der Waals surface area contributed by atoms with E-state index in [0.29, 0.717) is 28.3 Å². The molecular formula is C28H27FN2O5. The molecule has 1 saturated heterocycles. The number of aryl methyl sites for hydroxylation is 1. The van der Waals surface area contributed by atoms with Crippen LogP contribution in [0.3, 0.4) is 0 Å². The van der Waals surface area contributed by atoms with Gasteiger partial charge in [0, 0.05) is 37.1 Å². The molecule has 1 atom stereocenters. The number of ether oxygens (including phenoxy) is 2. The van der Waals surface area contributed by atoms with Gasteiger partial charge in [-0.25, -0.2) is 4.39 Å². The highest BCUT2D eigenvalue weighted by atomic mass is 19.1. The average molecular weight is 491 g/mol. The number of ketones is 1. The van der Waals surface area contributed by atoms with Crippen molar-refractivity contribution in [2.45, 2.75) is 13.0 Å². The molecule has 0 aromatic heterocycles. The minimum absolute atomic E-state index is 0.0848. The van der Waals surface area contributed by atoms with Crippen LogP contribution in [-0.2, 0) is 9.59 Å². The van der Waals surface area contributed by atoms with Gasteiger partial charge >= 0.3 is 0 Å². The van der Waals surface area contributed by atoms with Gasteiger partial charge in [-0.3, -0.25) is 14.5 Å². The molecule has 1 heterocycles. The summed E-state index contributed by atoms with van der Waals surface area (Å²) in [7, 11) is 6.79. The van der Waals surface area contributed by atoms with Gasteiger partial charge in [0.05, 0.1) is 25.8 Å². The fourth-order valence-electron chi connectivity index (χ4n) is 4.29. The van der Waals surface area contributed by atoms with Gasteiger partial charge in [-0.1, -0.05) is 12.1 Å². The van der Waals surface area contributed by atoms with Crippen molar-refractivity contribution in [1.29, 1.82) is 0 Å². The summed E-state index contributed by atoms with van der Waals surface area (Å²) in [6.07, 6.45) is 0. The highest BCUT2D eigenvalue weighted by molar-refractivity contribution is 6.51. The molecule has 1 unspecified atom stereocenters. The lowest BCUT2D eigenvalue weighted by Crippen LogP contribution is -2.29. The lowest BCUT2D eigenvalue weighted by molar-refractivity contribution is -0.132. The molecule has 1 fully saturated rings. The quantitative estimate of drug-likeness (QED) is 0.303. The van der Waals surface area contributed by atoms with E-state index < -0.39 is 23.5 Å². The number of methoxy groups -OCH3 is 2. The van der Waals surface area contributed by atoms with E-state index in [1.807, 2.05) is 43.3 Å². The number of hydrogen-bond acceptors (Lipinski definition) is 6. The second kappa shape index (κ2) is 9.73. The number of carbonyl (C=O) groups excluding carboxylic acids is 2. The number of aliphatic hydroxyl groups is 1. The van der Waals surface area contributed by atoms with Crippen LogP contribution in [0.1, 0.15) is 22.7 Å². The molecule has 0 saturated carbocycles. The Kier molecular flexibility index (Phi) is 6.70. The average Bonchev–Trinajstić information content (AvgIpc) is 3.15. The minimum atomic E-state index is -0.926. The predicted octanol–water partition coefficient (Wildman–Crippen LogP) is 4.84. The Labute approximate surface area is 209 Å². The topological polar surface area (TPSA) is 79.3 Å². The molecule has 1 amide bonds. The van der Waals surface area contributed by atoms with Gasteiger partial charge in [0.15, 0.2) is 11.5 Å². The van der Waals surface area contributed by atoms with E-state index in [2.05, 4.69) is 0 Å². The Morgan fingerprint density at radius 2 is 1.61 bits per heavy atom. The minimum Gasteiger partial charge on any atom is -0.507 e. The number of rotatable bonds is 6. The summed E-state index contributed by atoms with van der Waals surface area (Å²) in [6.45, 7) is 1.56. The van der Waals surface area contributed by atoms with E-state index in [1.54, 1.807) is 25.1 Å². The zero-order valence-corrected chi connectivity index (χ0v) is 20.7. The lowest BCUT2D eigenvalue weighted by atomic mass is 9.94. The molecule has 8 heteroatoms. The number of anilines is 2. The third-order valence-corrected chi connectivity index (χ3v) is 6.25. The molecule has 1 N–H and O–H groups in total. The lowest BCUT2D eigenvalue weighted by Gasteiger charge is -2.26. The maximum Gasteiger partial charge on any atom is 0.300 e. The summed E-state index contributed by atoms with van der Waals surface area (Å²) in [5, 5.41) is 11.3. The zero-order chi connectivity index (χ0) is 26.1. The monoisotopic (exact) mass is 490 g/mol. The van der Waals surface area contributed by atoms with Crippen LogP contribution < -0.4 is 19.3 Å². The second-order valence-corrected chi connectivity index (χ2v) is 8.66. The number of benzene rings is 3. The van der Waals surface area contributed by atoms with Gasteiger partial charge in [-0.2, -0.15) is 0 Å². The number of aliphatic hydroxyl groups excluding tert-OH is 1. The first-order valence-corrected chi connectivity index (χ1v) is 11.2. The number of carbonyl (C=O) groups is 2. The fourth-order valence-corrected chi connectivity index (χ4v) is 4.29. The maximum absolute atomic E-state index is 13.9. The summed E-state index contributed by atoms with van der Waals surface area (Å²) in [5.41, 5.74) is 2.41. The van der Waals surface area contributed by atoms with Crippen molar-refractivity contribution >= 4 is 28.8 Å². The molecule has 186 valence electrons. The highest BCUT2D eigenvalue weighted by Crippen LogP contribution is 2.44. The summed E-state index contributed by atoms with van der Waals surface area (Å²) >= 11 is 0. The standard InChI is InChI=1S/C28H27FN2O5/c1-16-14-18(8-12-21(16)29)26(32)24-25(17-6-9-19(10-7-17)30(2)3)31(28(34)27(24)33)20-11-13-22(35-4)23(15-20)36-5/h6-15,25,32H,1-5H3/b26-24+. The van der Waals surface area contributed by atoms with Crippen molar-refractivity contribution in [2.75, 3.05) is 38.1 Å². The van der Waals surface area contributed by atoms with Gasteiger partial charge in [-0.15, -0.1) is 0 Å². The van der Waals surface area contributed by atoms with Gasteiger partial charge in [-0.05, 0) is 60.5 Å². The zero-order valence-electron chi connectivity index (χ0n) is 20.7. The molecule has 3 aromatic rings. The van der Waals surface area contributed by atoms with Crippen molar-refractivity contribution in [3.8, 4) is 11.5 Å². The van der Waals surface area contributed by atoms with Gasteiger partial charge in [0.1, 0.15) is 11.6 Å². The van der Waals surface area contributed by atoms with Crippen molar-refractivity contribution < 1.29 is 28.6 Å². The molecule has 0 bridgehead atoms. The van der Waals surface area contributed by atoms with Crippen LogP contribution in [0.15, 0.2) is 66.2 Å². The van der Waals surface area contributed by atoms with Gasteiger partial charge in [0.25, 0.3) is 11.7 Å². The molecule has 4 rings (SSSR count). The maximum atomic E-state index is 13.9. The molecule has 36 heavy (non-hydrogen) atoms. The fraction of sp³-hybridized carbons (Fsp3) is 0.214. The molecule has 0 spiro atoms. The van der Waals surface area contributed by atoms with Crippen molar-refractivity contribution in [3.05, 3.63) is 88.7 Å². The van der Waals surface area contributed by atoms with Crippen LogP contribution in [0.2, 0.25) is 0 Å². The molecule has 3 aromatic carbocycles. The summed E-state index contributed by atoms with van der Waals surface area (Å²) < 4.78 is 24.6. The molecular weight excluding hydrogens is 463 g/mol. The Hall–Kier alpha value is -4.33. The number of hydrogen-bond donors (Lipinski definition) is 1. The first kappa shape index (κ1) is 24.8. The largest absolute Gasteiger partial charge is 0.507 e. The van der Waals surface area contributed by atoms with E-state index in [1.165, 1.54) is 37.3 Å². The van der Waals surface area contributed by atoms with E-state index in [4.69, 9.17) is 9.47 Å². The van der Waals surface area contributed by atoms with Crippen LogP contribution in [0, 0.1) is 12.7 Å². The van der Waals surface area contributed by atoms with Crippen molar-refractivity contribution in [3.63, 3.8) is 0 Å². The van der Waals surface area contributed by atoms with Crippen molar-refractivity contribution in [2.24, 2.45) is 0 Å². The van der Waals surface area contributed by atoms with E-state index in [-0.39, 0.29) is 16.9 Å². The molecule has 1 aliphatic rings. The van der Waals surface area contributed by atoms with E-state index in [0.717, 1.165) is 5.69 Å². The smallest absolute Gasteiger partial charge is 0.300 e. The number of Topliss-reactive ketones (excluding diaryl/α,β-unsaturated/α-hetero) is 1. The van der Waals surface area contributed by atoms with Gasteiger partial charge < -0.3 is 19.5 Å². The first-order valence-electron chi connectivity index (χ1n) is 11.2. The van der Waals surface area contributed by atoms with Crippen molar-refractivity contribution in [1.82, 2.24) is 0 Å². The summed E-state index contributed by atoms with van der Waals surface area (Å²) in [4.78, 5) is 30.0. The Morgan fingerprint density at radius 3 is 2.19 bits per heavy atom. The first-order chi connectivity index (χ1) is 17.2. The van der Waals surface area contributed by atoms with E-state index >= 15 is 0 Å². The van der Waals surface area contributed by atoms with Crippen LogP contribution in [0.5, 0.6) is 11.5 Å². The second-order valence-electron chi connectivity index (χ2n) is 8.66. The molecule has 7 nitrogen and oxygen atoms in total. The van der Waals surface area contributed by atoms with Crippen LogP contribution >= 0.6 is 0 Å². The molecule has 0 aliphatic carbocycles. The normalized spacial score (nSPS) is 16.8. The van der Waals surface area contributed by atoms with Crippen LogP contribution in [-0.4, -0.2) is 45.1 Å². The third-order valence-electron chi connectivity index (χ3n) is 6.25.